The minimum atomic E-state index is -1.14. The van der Waals surface area contributed by atoms with Crippen molar-refractivity contribution < 1.29 is 19.5 Å². The first kappa shape index (κ1) is 24.0. The van der Waals surface area contributed by atoms with Crippen LogP contribution in [-0.4, -0.2) is 27.2 Å². The average Bonchev–Trinajstić information content (AvgIpc) is 3.47. The van der Waals surface area contributed by atoms with E-state index in [4.69, 9.17) is 0 Å². The quantitative estimate of drug-likeness (QED) is 0.180. The van der Waals surface area contributed by atoms with E-state index in [9.17, 15) is 19.5 Å². The number of benzene rings is 6. The van der Waals surface area contributed by atoms with E-state index in [1.54, 1.807) is 6.08 Å². The number of ketones is 2. The molecular weight excluding hydrogens is 522 g/mol. The number of hydrogen-bond acceptors (Lipinski definition) is 3. The minimum Gasteiger partial charge on any atom is -0.478 e. The number of carboxylic acid groups (broad SMARTS) is 1. The lowest BCUT2D eigenvalue weighted by Gasteiger charge is -2.11. The van der Waals surface area contributed by atoms with Crippen molar-refractivity contribution in [2.75, 3.05) is 0 Å². The molecule has 1 aliphatic carbocycles. The molecule has 0 atom stereocenters. The van der Waals surface area contributed by atoms with E-state index in [1.807, 2.05) is 42.5 Å². The fourth-order valence-electron chi connectivity index (χ4n) is 6.23. The Morgan fingerprint density at radius 2 is 1.36 bits per heavy atom. The number of allylic oxidation sites excluding steroid dienone is 1. The Labute approximate surface area is 239 Å². The maximum Gasteiger partial charge on any atom is 0.335 e. The number of Topliss-reactive ketones (excluding diaryl/α,β-unsaturated/α-hetero) is 2. The van der Waals surface area contributed by atoms with Gasteiger partial charge in [0, 0.05) is 33.0 Å². The fourth-order valence-corrected chi connectivity index (χ4v) is 6.23. The molecule has 0 radical (unpaired) electrons. The molecule has 198 valence electrons. The Bertz CT molecular complexity index is 2370. The van der Waals surface area contributed by atoms with Crippen molar-refractivity contribution in [3.8, 4) is 5.69 Å². The standard InChI is InChI=1S/C37H21NO4/c39-35-29-15-12-25(37(41)42)20-31(29)36(40)32(35)18-21-9-16-33-30(17-21)28-14-11-23-6-3-4-8-27(23)34(28)38(33)26-13-10-22-5-1-2-7-24(22)19-26/h1-20H,(H,41,42). The highest BCUT2D eigenvalue weighted by molar-refractivity contribution is 6.41. The van der Waals surface area contributed by atoms with E-state index < -0.39 is 17.5 Å². The number of aromatic carboxylic acids is 1. The number of carboxylic acids is 1. The second-order valence-corrected chi connectivity index (χ2v) is 10.6. The number of nitrogens with zero attached hydrogens (tertiary/aromatic N) is 1. The van der Waals surface area contributed by atoms with Gasteiger partial charge in [0.25, 0.3) is 0 Å². The maximum atomic E-state index is 13.2. The molecule has 1 aliphatic rings. The number of rotatable bonds is 3. The van der Waals surface area contributed by atoms with E-state index in [2.05, 4.69) is 59.2 Å². The molecule has 0 bridgehead atoms. The van der Waals surface area contributed by atoms with Gasteiger partial charge in [-0.2, -0.15) is 0 Å². The molecule has 0 aliphatic heterocycles. The summed E-state index contributed by atoms with van der Waals surface area (Å²) in [5.41, 5.74) is 4.24. The van der Waals surface area contributed by atoms with Gasteiger partial charge in [0.1, 0.15) is 0 Å². The molecule has 0 fully saturated rings. The number of fused-ring (bicyclic) bond motifs is 7. The van der Waals surface area contributed by atoms with Crippen LogP contribution in [0.25, 0.3) is 55.1 Å². The van der Waals surface area contributed by atoms with E-state index in [-0.39, 0.29) is 22.3 Å². The molecule has 1 heterocycles. The molecular formula is C37H21NO4. The molecule has 5 heteroatoms. The Hall–Kier alpha value is -5.81. The minimum absolute atomic E-state index is 0.0219. The van der Waals surface area contributed by atoms with Gasteiger partial charge in [0.2, 0.25) is 0 Å². The van der Waals surface area contributed by atoms with Gasteiger partial charge in [-0.3, -0.25) is 9.59 Å². The average molecular weight is 544 g/mol. The molecule has 7 aromatic rings. The highest BCUT2D eigenvalue weighted by Gasteiger charge is 2.33. The highest BCUT2D eigenvalue weighted by atomic mass is 16.4. The summed E-state index contributed by atoms with van der Waals surface area (Å²) >= 11 is 0. The molecule has 0 saturated heterocycles. The topological polar surface area (TPSA) is 76.4 Å². The zero-order chi connectivity index (χ0) is 28.5. The molecule has 0 unspecified atom stereocenters. The summed E-state index contributed by atoms with van der Waals surface area (Å²) in [4.78, 5) is 37.8. The van der Waals surface area contributed by atoms with Crippen molar-refractivity contribution in [1.29, 1.82) is 0 Å². The first-order valence-electron chi connectivity index (χ1n) is 13.6. The van der Waals surface area contributed by atoms with Crippen LogP contribution in [0.1, 0.15) is 36.6 Å². The third-order valence-corrected chi connectivity index (χ3v) is 8.22. The number of carbonyl (C=O) groups is 3. The van der Waals surface area contributed by atoms with Crippen molar-refractivity contribution in [3.63, 3.8) is 0 Å². The van der Waals surface area contributed by atoms with Crippen LogP contribution in [0.4, 0.5) is 0 Å². The summed E-state index contributed by atoms with van der Waals surface area (Å²) in [5.74, 6) is -1.99. The second kappa shape index (κ2) is 8.85. The predicted molar refractivity (Wildman–Crippen MR) is 166 cm³/mol. The van der Waals surface area contributed by atoms with Gasteiger partial charge in [-0.05, 0) is 70.3 Å². The summed E-state index contributed by atoms with van der Waals surface area (Å²) in [6.45, 7) is 0. The van der Waals surface area contributed by atoms with Gasteiger partial charge >= 0.3 is 5.97 Å². The summed E-state index contributed by atoms with van der Waals surface area (Å²) in [6.07, 6.45) is 1.62. The Morgan fingerprint density at radius 1 is 0.619 bits per heavy atom. The van der Waals surface area contributed by atoms with Crippen LogP contribution in [0.2, 0.25) is 0 Å². The van der Waals surface area contributed by atoms with Crippen LogP contribution in [0, 0.1) is 0 Å². The van der Waals surface area contributed by atoms with Crippen LogP contribution in [-0.2, 0) is 0 Å². The van der Waals surface area contributed by atoms with Gasteiger partial charge in [-0.25, -0.2) is 4.79 Å². The highest BCUT2D eigenvalue weighted by Crippen LogP contribution is 2.38. The molecule has 0 saturated carbocycles. The van der Waals surface area contributed by atoms with Crippen molar-refractivity contribution in [1.82, 2.24) is 4.57 Å². The van der Waals surface area contributed by atoms with Crippen LogP contribution >= 0.6 is 0 Å². The third kappa shape index (κ3) is 3.47. The number of hydrogen-bond donors (Lipinski definition) is 1. The van der Waals surface area contributed by atoms with Gasteiger partial charge in [-0.15, -0.1) is 0 Å². The van der Waals surface area contributed by atoms with Gasteiger partial charge in [0.05, 0.1) is 22.2 Å². The molecule has 0 amide bonds. The maximum absolute atomic E-state index is 13.2. The lowest BCUT2D eigenvalue weighted by molar-refractivity contribution is 0.0696. The Balaban J connectivity index is 1.35. The molecule has 1 aromatic heterocycles. The molecule has 8 rings (SSSR count). The largest absolute Gasteiger partial charge is 0.478 e. The van der Waals surface area contributed by atoms with Crippen molar-refractivity contribution in [2.45, 2.75) is 0 Å². The lowest BCUT2D eigenvalue weighted by atomic mass is 10.0. The van der Waals surface area contributed by atoms with E-state index in [0.717, 1.165) is 49.2 Å². The molecule has 1 N–H and O–H groups in total. The third-order valence-electron chi connectivity index (χ3n) is 8.22. The van der Waals surface area contributed by atoms with Crippen LogP contribution in [0.15, 0.2) is 121 Å². The number of carbonyl (C=O) groups excluding carboxylic acids is 2. The zero-order valence-corrected chi connectivity index (χ0v) is 22.2. The van der Waals surface area contributed by atoms with E-state index in [1.165, 1.54) is 23.6 Å². The Kier molecular flexibility index (Phi) is 5.06. The second-order valence-electron chi connectivity index (χ2n) is 10.6. The van der Waals surface area contributed by atoms with Crippen molar-refractivity contribution in [2.24, 2.45) is 0 Å². The van der Waals surface area contributed by atoms with E-state index >= 15 is 0 Å². The normalized spacial score (nSPS) is 14.0. The summed E-state index contributed by atoms with van der Waals surface area (Å²) in [6, 6.07) is 37.4. The lowest BCUT2D eigenvalue weighted by Crippen LogP contribution is -2.01. The van der Waals surface area contributed by atoms with Crippen LogP contribution in [0.3, 0.4) is 0 Å². The number of aromatic nitrogens is 1. The zero-order valence-electron chi connectivity index (χ0n) is 22.2. The molecule has 6 aromatic carbocycles. The monoisotopic (exact) mass is 543 g/mol. The van der Waals surface area contributed by atoms with Gasteiger partial charge in [0.15, 0.2) is 11.6 Å². The van der Waals surface area contributed by atoms with E-state index in [0.29, 0.717) is 0 Å². The molecule has 5 nitrogen and oxygen atoms in total. The molecule has 0 spiro atoms. The summed E-state index contributed by atoms with van der Waals surface area (Å²) in [5, 5.41) is 16.0. The Morgan fingerprint density at radius 3 is 2.19 bits per heavy atom. The summed E-state index contributed by atoms with van der Waals surface area (Å²) in [7, 11) is 0. The first-order valence-corrected chi connectivity index (χ1v) is 13.6. The predicted octanol–water partition coefficient (Wildman–Crippen LogP) is 8.25. The van der Waals surface area contributed by atoms with Crippen molar-refractivity contribution in [3.05, 3.63) is 143 Å². The van der Waals surface area contributed by atoms with Gasteiger partial charge in [-0.1, -0.05) is 72.8 Å². The molecule has 42 heavy (non-hydrogen) atoms. The smallest absolute Gasteiger partial charge is 0.335 e. The first-order chi connectivity index (χ1) is 20.5. The van der Waals surface area contributed by atoms with Gasteiger partial charge < -0.3 is 9.67 Å². The fraction of sp³-hybridized carbons (Fsp3) is 0. The van der Waals surface area contributed by atoms with Crippen LogP contribution in [0.5, 0.6) is 0 Å². The SMILES string of the molecule is O=C(O)c1ccc2c(c1)C(=O)C(=Cc1ccc3c(c1)c1ccc4ccccc4c1n3-c1ccc3ccccc3c1)C2=O. The van der Waals surface area contributed by atoms with Crippen LogP contribution < -0.4 is 0 Å². The van der Waals surface area contributed by atoms with Crippen molar-refractivity contribution >= 4 is 67.0 Å². The summed E-state index contributed by atoms with van der Waals surface area (Å²) < 4.78 is 2.28.